The van der Waals surface area contributed by atoms with Crippen LogP contribution in [0.1, 0.15) is 49.4 Å². The normalized spacial score (nSPS) is 13.5. The topological polar surface area (TPSA) is 46.0 Å². The van der Waals surface area contributed by atoms with Crippen LogP contribution in [0.4, 0.5) is 0 Å². The predicted molar refractivity (Wildman–Crippen MR) is 78.3 cm³/mol. The lowest BCUT2D eigenvalue weighted by molar-refractivity contribution is 0.169. The number of aliphatic hydroxyl groups is 1. The van der Waals surface area contributed by atoms with E-state index >= 15 is 0 Å². The second kappa shape index (κ2) is 5.80. The third-order valence-electron chi connectivity index (χ3n) is 3.08. The van der Waals surface area contributed by atoms with Crippen molar-refractivity contribution in [1.29, 1.82) is 0 Å². The summed E-state index contributed by atoms with van der Waals surface area (Å²) in [6.45, 7) is 6.28. The van der Waals surface area contributed by atoms with Crippen LogP contribution in [0.5, 0.6) is 0 Å². The smallest absolute Gasteiger partial charge is 0.0920 e. The third-order valence-corrected chi connectivity index (χ3v) is 3.90. The van der Waals surface area contributed by atoms with Gasteiger partial charge in [-0.3, -0.25) is 0 Å². The Morgan fingerprint density at radius 2 is 1.89 bits per heavy atom. The molecule has 1 aromatic carbocycles. The van der Waals surface area contributed by atoms with Crippen LogP contribution in [-0.2, 0) is 11.8 Å². The minimum atomic E-state index is -0.477. The molecule has 0 saturated heterocycles. The van der Waals surface area contributed by atoms with Crippen LogP contribution < -0.4 is 0 Å². The van der Waals surface area contributed by atoms with E-state index in [1.54, 1.807) is 0 Å². The molecule has 1 aromatic heterocycles. The van der Waals surface area contributed by atoms with E-state index in [1.165, 1.54) is 17.1 Å². The van der Waals surface area contributed by atoms with Crippen LogP contribution in [0.25, 0.3) is 0 Å². The maximum atomic E-state index is 10.3. The molecule has 0 fully saturated rings. The number of benzene rings is 1. The van der Waals surface area contributed by atoms with Gasteiger partial charge in [0.25, 0.3) is 0 Å². The van der Waals surface area contributed by atoms with Crippen molar-refractivity contribution in [1.82, 2.24) is 9.59 Å². The molecule has 0 saturated carbocycles. The number of aromatic nitrogens is 2. The Hall–Kier alpha value is -1.26. The number of hydrogen-bond donors (Lipinski definition) is 1. The molecule has 1 heterocycles. The average molecular weight is 276 g/mol. The summed E-state index contributed by atoms with van der Waals surface area (Å²) >= 11 is 1.31. The maximum Gasteiger partial charge on any atom is 0.0920 e. The monoisotopic (exact) mass is 276 g/mol. The fraction of sp³-hybridized carbons (Fsp3) is 0.467. The lowest BCUT2D eigenvalue weighted by atomic mass is 9.89. The molecule has 0 spiro atoms. The molecule has 2 aromatic rings. The van der Waals surface area contributed by atoms with E-state index in [0.29, 0.717) is 6.42 Å². The van der Waals surface area contributed by atoms with Crippen molar-refractivity contribution in [2.45, 2.75) is 45.1 Å². The maximum absolute atomic E-state index is 10.3. The molecule has 2 rings (SSSR count). The van der Waals surface area contributed by atoms with E-state index < -0.39 is 6.10 Å². The van der Waals surface area contributed by atoms with E-state index in [9.17, 15) is 5.11 Å². The van der Waals surface area contributed by atoms with Gasteiger partial charge in [-0.05, 0) is 29.9 Å². The molecule has 0 radical (unpaired) electrons. The molecule has 0 aliphatic carbocycles. The van der Waals surface area contributed by atoms with Gasteiger partial charge in [0.2, 0.25) is 0 Å². The first-order valence-corrected chi connectivity index (χ1v) is 7.30. The highest BCUT2D eigenvalue weighted by Gasteiger charge is 2.26. The fourth-order valence-electron chi connectivity index (χ4n) is 2.02. The second-order valence-electron chi connectivity index (χ2n) is 5.78. The van der Waals surface area contributed by atoms with Crippen molar-refractivity contribution in [3.8, 4) is 0 Å². The Labute approximate surface area is 118 Å². The van der Waals surface area contributed by atoms with Crippen LogP contribution in [0.3, 0.4) is 0 Å². The minimum Gasteiger partial charge on any atom is -0.387 e. The van der Waals surface area contributed by atoms with Gasteiger partial charge in [0, 0.05) is 5.41 Å². The number of rotatable bonds is 4. The van der Waals surface area contributed by atoms with Crippen molar-refractivity contribution < 1.29 is 5.11 Å². The standard InChI is InChI=1S/C15H20N2OS/c1-15(2,3)14-13(19-17-16-14)12(18)10-9-11-7-5-4-6-8-11/h4-8,12,18H,9-10H2,1-3H3. The van der Waals surface area contributed by atoms with Crippen LogP contribution in [-0.4, -0.2) is 14.7 Å². The molecular weight excluding hydrogens is 256 g/mol. The SMILES string of the molecule is CC(C)(C)c1nnsc1C(O)CCc1ccccc1. The summed E-state index contributed by atoms with van der Waals surface area (Å²) in [5.74, 6) is 0. The zero-order valence-corrected chi connectivity index (χ0v) is 12.4. The molecule has 1 N–H and O–H groups in total. The van der Waals surface area contributed by atoms with Crippen molar-refractivity contribution in [2.24, 2.45) is 0 Å². The lowest BCUT2D eigenvalue weighted by Gasteiger charge is -2.18. The van der Waals surface area contributed by atoms with Gasteiger partial charge < -0.3 is 5.11 Å². The Balaban J connectivity index is 2.05. The van der Waals surface area contributed by atoms with Gasteiger partial charge in [0.05, 0.1) is 16.7 Å². The number of aryl methyl sites for hydroxylation is 1. The van der Waals surface area contributed by atoms with Gasteiger partial charge in [-0.25, -0.2) is 0 Å². The van der Waals surface area contributed by atoms with Gasteiger partial charge in [-0.1, -0.05) is 55.6 Å². The minimum absolute atomic E-state index is 0.0734. The number of aliphatic hydroxyl groups excluding tert-OH is 1. The first-order chi connectivity index (χ1) is 8.98. The Morgan fingerprint density at radius 1 is 1.21 bits per heavy atom. The first-order valence-electron chi connectivity index (χ1n) is 6.53. The molecule has 1 unspecified atom stereocenters. The van der Waals surface area contributed by atoms with E-state index in [1.807, 2.05) is 18.2 Å². The Kier molecular flexibility index (Phi) is 4.32. The number of hydrogen-bond acceptors (Lipinski definition) is 4. The predicted octanol–water partition coefficient (Wildman–Crippen LogP) is 3.50. The third kappa shape index (κ3) is 3.61. The molecule has 102 valence electrons. The summed E-state index contributed by atoms with van der Waals surface area (Å²) in [4.78, 5) is 0.906. The van der Waals surface area contributed by atoms with Gasteiger partial charge in [-0.15, -0.1) is 5.10 Å². The van der Waals surface area contributed by atoms with Crippen LogP contribution >= 0.6 is 11.5 Å². The molecular formula is C15H20N2OS. The summed E-state index contributed by atoms with van der Waals surface area (Å²) in [6, 6.07) is 10.2. The van der Waals surface area contributed by atoms with Crippen LogP contribution in [0.15, 0.2) is 30.3 Å². The molecule has 0 amide bonds. The Morgan fingerprint density at radius 3 is 2.53 bits per heavy atom. The lowest BCUT2D eigenvalue weighted by Crippen LogP contribution is -2.16. The summed E-state index contributed by atoms with van der Waals surface area (Å²) < 4.78 is 4.00. The zero-order valence-electron chi connectivity index (χ0n) is 11.6. The number of nitrogens with zero attached hydrogens (tertiary/aromatic N) is 2. The zero-order chi connectivity index (χ0) is 13.9. The summed E-state index contributed by atoms with van der Waals surface area (Å²) in [5, 5.41) is 14.5. The Bertz CT molecular complexity index is 516. The quantitative estimate of drug-likeness (QED) is 0.929. The van der Waals surface area contributed by atoms with Crippen molar-refractivity contribution in [3.63, 3.8) is 0 Å². The van der Waals surface area contributed by atoms with E-state index in [0.717, 1.165) is 17.0 Å². The van der Waals surface area contributed by atoms with Crippen molar-refractivity contribution in [2.75, 3.05) is 0 Å². The van der Waals surface area contributed by atoms with Gasteiger partial charge in [-0.2, -0.15) is 0 Å². The molecule has 19 heavy (non-hydrogen) atoms. The van der Waals surface area contributed by atoms with Gasteiger partial charge in [0.1, 0.15) is 0 Å². The molecule has 0 aliphatic rings. The van der Waals surface area contributed by atoms with E-state index in [2.05, 4.69) is 42.5 Å². The molecule has 0 bridgehead atoms. The highest BCUT2D eigenvalue weighted by atomic mass is 32.1. The second-order valence-corrected chi connectivity index (χ2v) is 6.56. The molecule has 0 aliphatic heterocycles. The molecule has 4 heteroatoms. The highest BCUT2D eigenvalue weighted by molar-refractivity contribution is 7.05. The fourth-order valence-corrected chi connectivity index (χ4v) is 2.90. The van der Waals surface area contributed by atoms with Crippen LogP contribution in [0, 0.1) is 0 Å². The first kappa shape index (κ1) is 14.2. The summed E-state index contributed by atoms with van der Waals surface area (Å²) in [5.41, 5.74) is 2.09. The van der Waals surface area contributed by atoms with Crippen LogP contribution in [0.2, 0.25) is 0 Å². The van der Waals surface area contributed by atoms with Crippen molar-refractivity contribution in [3.05, 3.63) is 46.5 Å². The van der Waals surface area contributed by atoms with E-state index in [4.69, 9.17) is 0 Å². The average Bonchev–Trinajstić information content (AvgIpc) is 2.86. The molecule has 3 nitrogen and oxygen atoms in total. The highest BCUT2D eigenvalue weighted by Crippen LogP contribution is 2.32. The summed E-state index contributed by atoms with van der Waals surface area (Å²) in [7, 11) is 0. The van der Waals surface area contributed by atoms with Gasteiger partial charge in [0.15, 0.2) is 0 Å². The van der Waals surface area contributed by atoms with Gasteiger partial charge >= 0.3 is 0 Å². The van der Waals surface area contributed by atoms with E-state index in [-0.39, 0.29) is 5.41 Å². The largest absolute Gasteiger partial charge is 0.387 e. The van der Waals surface area contributed by atoms with Crippen molar-refractivity contribution >= 4 is 11.5 Å². The molecule has 1 atom stereocenters. The summed E-state index contributed by atoms with van der Waals surface area (Å²) in [6.07, 6.45) is 1.09.